The summed E-state index contributed by atoms with van der Waals surface area (Å²) in [5.41, 5.74) is 0.0813. The molecule has 0 fully saturated rings. The number of oxime groups is 1. The predicted octanol–water partition coefficient (Wildman–Crippen LogP) is 5.88. The van der Waals surface area contributed by atoms with Crippen LogP contribution in [0.4, 0.5) is 0 Å². The van der Waals surface area contributed by atoms with Crippen molar-refractivity contribution in [3.05, 3.63) is 0 Å². The SMILES string of the molecule is CO/N=C(\C(=O)O[Si](C)(C)C)[C@@H](O[Si](C)(C)C)[C@H](O[Si](C)(C)C)[C@@H](CO[Si](C)(C)C)O[Si](C)(C)C. The van der Waals surface area contributed by atoms with Gasteiger partial charge in [-0.15, -0.1) is 0 Å². The number of carbonyl (C=O) groups is 1. The summed E-state index contributed by atoms with van der Waals surface area (Å²) in [6.07, 6.45) is -1.87. The molecule has 0 aromatic heterocycles. The molecule has 0 aromatic rings. The summed E-state index contributed by atoms with van der Waals surface area (Å²) in [6.45, 7) is 31.6. The highest BCUT2D eigenvalue weighted by atomic mass is 28.4. The third-order valence-electron chi connectivity index (χ3n) is 3.89. The number of carbonyl (C=O) groups excluding carboxylic acids is 1. The van der Waals surface area contributed by atoms with Gasteiger partial charge in [-0.1, -0.05) is 5.16 Å². The van der Waals surface area contributed by atoms with Gasteiger partial charge in [-0.2, -0.15) is 0 Å². The van der Waals surface area contributed by atoms with E-state index in [0.29, 0.717) is 6.61 Å². The second-order valence-electron chi connectivity index (χ2n) is 13.7. The van der Waals surface area contributed by atoms with Crippen molar-refractivity contribution in [2.24, 2.45) is 5.16 Å². The monoisotopic (exact) mass is 583 g/mol. The van der Waals surface area contributed by atoms with E-state index in [-0.39, 0.29) is 5.71 Å². The first kappa shape index (κ1) is 34.9. The third kappa shape index (κ3) is 17.1. The summed E-state index contributed by atoms with van der Waals surface area (Å²) < 4.78 is 32.3. The van der Waals surface area contributed by atoms with Crippen molar-refractivity contribution < 1.29 is 31.8 Å². The lowest BCUT2D eigenvalue weighted by atomic mass is 10.0. The molecule has 0 N–H and O–H groups in total. The van der Waals surface area contributed by atoms with Gasteiger partial charge in [-0.25, -0.2) is 4.79 Å². The van der Waals surface area contributed by atoms with Crippen LogP contribution in [0.15, 0.2) is 5.16 Å². The molecule has 0 spiro atoms. The van der Waals surface area contributed by atoms with Crippen LogP contribution < -0.4 is 0 Å². The van der Waals surface area contributed by atoms with Crippen LogP contribution >= 0.6 is 0 Å². The molecule has 0 unspecified atom stereocenters. The Kier molecular flexibility index (Phi) is 13.0. The molecule has 0 rings (SSSR count). The molecule has 35 heavy (non-hydrogen) atoms. The molecule has 0 aromatic carbocycles. The van der Waals surface area contributed by atoms with Crippen molar-refractivity contribution in [2.45, 2.75) is 117 Å². The molecule has 0 aliphatic carbocycles. The summed E-state index contributed by atoms with van der Waals surface area (Å²) in [7, 11) is -9.00. The van der Waals surface area contributed by atoms with Crippen LogP contribution in [-0.4, -0.2) is 85.3 Å². The van der Waals surface area contributed by atoms with Crippen molar-refractivity contribution >= 4 is 53.3 Å². The van der Waals surface area contributed by atoms with Crippen LogP contribution in [0.25, 0.3) is 0 Å². The van der Waals surface area contributed by atoms with Gasteiger partial charge in [0.15, 0.2) is 39.0 Å². The highest BCUT2D eigenvalue weighted by Gasteiger charge is 2.45. The zero-order chi connectivity index (χ0) is 28.0. The van der Waals surface area contributed by atoms with E-state index in [9.17, 15) is 4.79 Å². The Bertz CT molecular complexity index is 701. The van der Waals surface area contributed by atoms with Gasteiger partial charge < -0.3 is 27.0 Å². The van der Waals surface area contributed by atoms with Crippen molar-refractivity contribution in [1.82, 2.24) is 0 Å². The molecule has 0 heterocycles. The third-order valence-corrected chi connectivity index (χ3v) is 8.67. The number of hydrogen-bond acceptors (Lipinski definition) is 8. The maximum absolute atomic E-state index is 13.4. The number of rotatable bonds is 15. The highest BCUT2D eigenvalue weighted by molar-refractivity contribution is 6.73. The van der Waals surface area contributed by atoms with E-state index >= 15 is 0 Å². The van der Waals surface area contributed by atoms with E-state index in [1.54, 1.807) is 0 Å². The predicted molar refractivity (Wildman–Crippen MR) is 158 cm³/mol. The van der Waals surface area contributed by atoms with Gasteiger partial charge in [0.05, 0.1) is 12.7 Å². The lowest BCUT2D eigenvalue weighted by Gasteiger charge is -2.42. The first-order valence-electron chi connectivity index (χ1n) is 12.4. The fourth-order valence-electron chi connectivity index (χ4n) is 3.02. The fourth-order valence-corrected chi connectivity index (χ4v) is 7.55. The van der Waals surface area contributed by atoms with E-state index in [1.165, 1.54) is 7.11 Å². The van der Waals surface area contributed by atoms with Gasteiger partial charge in [0.25, 0.3) is 0 Å². The maximum atomic E-state index is 13.4. The summed E-state index contributed by atoms with van der Waals surface area (Å²) in [6, 6.07) is 0. The Morgan fingerprint density at radius 3 is 1.46 bits per heavy atom. The maximum Gasteiger partial charge on any atom is 0.345 e. The van der Waals surface area contributed by atoms with Crippen LogP contribution in [0.5, 0.6) is 0 Å². The normalized spacial score (nSPS) is 17.1. The Morgan fingerprint density at radius 1 is 0.657 bits per heavy atom. The van der Waals surface area contributed by atoms with E-state index in [0.717, 1.165) is 0 Å². The van der Waals surface area contributed by atoms with Crippen LogP contribution in [0.2, 0.25) is 98.2 Å². The molecule has 0 saturated heterocycles. The molecule has 0 radical (unpaired) electrons. The lowest BCUT2D eigenvalue weighted by Crippen LogP contribution is -2.58. The van der Waals surface area contributed by atoms with Crippen molar-refractivity contribution in [2.75, 3.05) is 13.7 Å². The van der Waals surface area contributed by atoms with Crippen molar-refractivity contribution in [1.29, 1.82) is 0 Å². The quantitative estimate of drug-likeness (QED) is 0.135. The van der Waals surface area contributed by atoms with Crippen LogP contribution in [0, 0.1) is 0 Å². The Labute approximate surface area is 220 Å². The zero-order valence-electron chi connectivity index (χ0n) is 25.2. The molecular weight excluding hydrogens is 531 g/mol. The van der Waals surface area contributed by atoms with Gasteiger partial charge in [-0.3, -0.25) is 0 Å². The minimum absolute atomic E-state index is 0.0813. The van der Waals surface area contributed by atoms with Gasteiger partial charge in [0, 0.05) is 0 Å². The first-order valence-corrected chi connectivity index (χ1v) is 29.4. The fraction of sp³-hybridized carbons (Fsp3) is 0.909. The molecule has 0 aliphatic heterocycles. The average molecular weight is 584 g/mol. The van der Waals surface area contributed by atoms with Gasteiger partial charge in [-0.05, 0) is 98.2 Å². The molecule has 13 heteroatoms. The van der Waals surface area contributed by atoms with Crippen LogP contribution in [0.3, 0.4) is 0 Å². The summed E-state index contributed by atoms with van der Waals surface area (Å²) in [4.78, 5) is 18.6. The molecule has 0 bridgehead atoms. The van der Waals surface area contributed by atoms with E-state index < -0.39 is 65.9 Å². The van der Waals surface area contributed by atoms with Crippen molar-refractivity contribution in [3.63, 3.8) is 0 Å². The summed E-state index contributed by atoms with van der Waals surface area (Å²) >= 11 is 0. The largest absolute Gasteiger partial charge is 0.515 e. The van der Waals surface area contributed by atoms with Gasteiger partial charge >= 0.3 is 5.97 Å². The molecule has 0 amide bonds. The lowest BCUT2D eigenvalue weighted by molar-refractivity contribution is -0.129. The molecule has 8 nitrogen and oxygen atoms in total. The van der Waals surface area contributed by atoms with Crippen LogP contribution in [-0.2, 0) is 31.8 Å². The number of nitrogens with zero attached hydrogens (tertiary/aromatic N) is 1. The molecule has 3 atom stereocenters. The molecule has 0 aliphatic rings. The van der Waals surface area contributed by atoms with Gasteiger partial charge in [0.2, 0.25) is 8.32 Å². The second-order valence-corrected chi connectivity index (χ2v) is 36.0. The standard InChI is InChI=1S/C22H53NO7Si5/c1-25-23-19(22(24)30-35(14,15)16)21(29-34(11,12)13)20(28-33(8,9)10)18(27-32(5,6)7)17-26-31(2,3)4/h18,20-21H,17H2,1-16H3/b23-19-/t18-,20-,21-/m1/s1. The minimum Gasteiger partial charge on any atom is -0.515 e. The highest BCUT2D eigenvalue weighted by Crippen LogP contribution is 2.26. The molecular formula is C22H53NO7Si5. The number of hydrogen-bond donors (Lipinski definition) is 0. The first-order chi connectivity index (χ1) is 15.3. The molecule has 208 valence electrons. The topological polar surface area (TPSA) is 84.8 Å². The van der Waals surface area contributed by atoms with E-state index in [4.69, 9.17) is 27.0 Å². The van der Waals surface area contributed by atoms with Crippen molar-refractivity contribution in [3.8, 4) is 0 Å². The Morgan fingerprint density at radius 2 is 1.11 bits per heavy atom. The Balaban J connectivity index is 6.87. The molecule has 0 saturated carbocycles. The van der Waals surface area contributed by atoms with Gasteiger partial charge in [0.1, 0.15) is 19.3 Å². The summed E-state index contributed by atoms with van der Waals surface area (Å²) in [5.74, 6) is -0.531. The average Bonchev–Trinajstić information content (AvgIpc) is 2.54. The smallest absolute Gasteiger partial charge is 0.345 e. The second kappa shape index (κ2) is 13.1. The summed E-state index contributed by atoms with van der Waals surface area (Å²) in [5, 5.41) is 4.15. The van der Waals surface area contributed by atoms with Crippen LogP contribution in [0.1, 0.15) is 0 Å². The minimum atomic E-state index is -2.21. The zero-order valence-corrected chi connectivity index (χ0v) is 30.2. The Hall–Kier alpha value is -0.136. The van der Waals surface area contributed by atoms with E-state index in [2.05, 4.69) is 83.7 Å². The van der Waals surface area contributed by atoms with E-state index in [1.807, 2.05) is 19.6 Å².